The second kappa shape index (κ2) is 8.98. The van der Waals surface area contributed by atoms with Crippen LogP contribution < -0.4 is 0 Å². The minimum Gasteiger partial charge on any atom is -0.480 e. The molecule has 0 aliphatic carbocycles. The minimum atomic E-state index is -0.813. The van der Waals surface area contributed by atoms with E-state index >= 15 is 0 Å². The van der Waals surface area contributed by atoms with Crippen LogP contribution in [0.25, 0.3) is 21.3 Å². The number of thiophene rings is 1. The molecule has 4 nitrogen and oxygen atoms in total. The van der Waals surface area contributed by atoms with E-state index in [4.69, 9.17) is 0 Å². The number of carbonyl (C=O) groups is 1. The fourth-order valence-corrected chi connectivity index (χ4v) is 5.59. The number of hydrogen-bond acceptors (Lipinski definition) is 5. The van der Waals surface area contributed by atoms with Crippen molar-refractivity contribution in [3.63, 3.8) is 0 Å². The molecule has 1 atom stereocenters. The summed E-state index contributed by atoms with van der Waals surface area (Å²) < 4.78 is 0. The second-order valence-corrected chi connectivity index (χ2v) is 9.62. The summed E-state index contributed by atoms with van der Waals surface area (Å²) in [6.07, 6.45) is 2.79. The van der Waals surface area contributed by atoms with E-state index in [1.165, 1.54) is 23.7 Å². The summed E-state index contributed by atoms with van der Waals surface area (Å²) in [6, 6.07) is 18.4. The van der Waals surface area contributed by atoms with Crippen LogP contribution in [-0.2, 0) is 11.2 Å². The monoisotopic (exact) mass is 434 g/mol. The van der Waals surface area contributed by atoms with Gasteiger partial charge in [-0.05, 0) is 37.8 Å². The van der Waals surface area contributed by atoms with Gasteiger partial charge in [-0.3, -0.25) is 4.79 Å². The Labute approximate surface area is 184 Å². The van der Waals surface area contributed by atoms with E-state index < -0.39 is 11.2 Å². The fourth-order valence-electron chi connectivity index (χ4n) is 3.48. The van der Waals surface area contributed by atoms with Crippen molar-refractivity contribution in [1.82, 2.24) is 9.97 Å². The van der Waals surface area contributed by atoms with Crippen LogP contribution in [0.3, 0.4) is 0 Å². The molecule has 0 fully saturated rings. The molecule has 0 radical (unpaired) electrons. The van der Waals surface area contributed by atoms with E-state index in [-0.39, 0.29) is 0 Å². The number of nitrogens with zero attached hydrogens (tertiary/aromatic N) is 2. The maximum atomic E-state index is 12.0. The van der Waals surface area contributed by atoms with Crippen molar-refractivity contribution < 1.29 is 9.90 Å². The van der Waals surface area contributed by atoms with Gasteiger partial charge in [0.05, 0.1) is 5.39 Å². The first-order chi connectivity index (χ1) is 14.5. The highest BCUT2D eigenvalue weighted by Gasteiger charge is 2.24. The molecule has 0 saturated heterocycles. The lowest BCUT2D eigenvalue weighted by molar-refractivity contribution is -0.136. The third-order valence-electron chi connectivity index (χ3n) is 5.04. The van der Waals surface area contributed by atoms with Crippen LogP contribution in [0.5, 0.6) is 0 Å². The molecule has 30 heavy (non-hydrogen) atoms. The van der Waals surface area contributed by atoms with E-state index in [1.807, 2.05) is 25.1 Å². The molecule has 0 saturated carbocycles. The Hall–Kier alpha value is -2.70. The highest BCUT2D eigenvalue weighted by Crippen LogP contribution is 2.42. The Kier molecular flexibility index (Phi) is 6.16. The normalized spacial score (nSPS) is 12.2. The first-order valence-electron chi connectivity index (χ1n) is 9.77. The smallest absolute Gasteiger partial charge is 0.317 e. The van der Waals surface area contributed by atoms with Crippen LogP contribution in [0.4, 0.5) is 0 Å². The lowest BCUT2D eigenvalue weighted by Crippen LogP contribution is -2.17. The average Bonchev–Trinajstić information content (AvgIpc) is 3.09. The topological polar surface area (TPSA) is 63.1 Å². The van der Waals surface area contributed by atoms with Crippen LogP contribution in [0.15, 0.2) is 66.0 Å². The molecule has 0 spiro atoms. The molecule has 2 heterocycles. The summed E-state index contributed by atoms with van der Waals surface area (Å²) in [5, 5.41) is 11.0. The van der Waals surface area contributed by atoms with E-state index in [0.717, 1.165) is 36.8 Å². The molecular formula is C24H22N2O2S2. The Morgan fingerprint density at radius 1 is 1.07 bits per heavy atom. The van der Waals surface area contributed by atoms with Gasteiger partial charge in [-0.15, -0.1) is 11.3 Å². The van der Waals surface area contributed by atoms with E-state index in [2.05, 4.69) is 53.3 Å². The van der Waals surface area contributed by atoms with Crippen LogP contribution in [0.2, 0.25) is 0 Å². The molecule has 2 aromatic heterocycles. The molecule has 152 valence electrons. The zero-order chi connectivity index (χ0) is 21.1. The SMILES string of the molecule is Cc1ccc(CCC(Sc2ncnc3sc(C)c(-c4ccccc4)c23)C(=O)O)cc1. The summed E-state index contributed by atoms with van der Waals surface area (Å²) in [7, 11) is 0. The number of carboxylic acids is 1. The van der Waals surface area contributed by atoms with E-state index in [9.17, 15) is 9.90 Å². The molecule has 4 aromatic rings. The number of thioether (sulfide) groups is 1. The second-order valence-electron chi connectivity index (χ2n) is 7.23. The highest BCUT2D eigenvalue weighted by molar-refractivity contribution is 8.00. The summed E-state index contributed by atoms with van der Waals surface area (Å²) in [5.74, 6) is -0.813. The molecule has 6 heteroatoms. The molecule has 4 rings (SSSR count). The van der Waals surface area contributed by atoms with Crippen molar-refractivity contribution in [2.75, 3.05) is 0 Å². The first kappa shape index (κ1) is 20.6. The number of aryl methyl sites for hydroxylation is 3. The van der Waals surface area contributed by atoms with E-state index in [1.54, 1.807) is 11.3 Å². The van der Waals surface area contributed by atoms with Gasteiger partial charge in [0.25, 0.3) is 0 Å². The minimum absolute atomic E-state index is 0.540. The molecule has 1 unspecified atom stereocenters. The first-order valence-corrected chi connectivity index (χ1v) is 11.5. The van der Waals surface area contributed by atoms with Gasteiger partial charge in [-0.2, -0.15) is 0 Å². The van der Waals surface area contributed by atoms with Crippen molar-refractivity contribution in [2.24, 2.45) is 0 Å². The van der Waals surface area contributed by atoms with Crippen LogP contribution in [0, 0.1) is 13.8 Å². The van der Waals surface area contributed by atoms with Crippen molar-refractivity contribution in [3.8, 4) is 11.1 Å². The number of aromatic nitrogens is 2. The average molecular weight is 435 g/mol. The quantitative estimate of drug-likeness (QED) is 0.279. The predicted octanol–water partition coefficient (Wildman–Crippen LogP) is 6.15. The van der Waals surface area contributed by atoms with Gasteiger partial charge >= 0.3 is 5.97 Å². The van der Waals surface area contributed by atoms with Gasteiger partial charge in [0.15, 0.2) is 0 Å². The zero-order valence-electron chi connectivity index (χ0n) is 16.8. The fraction of sp³-hybridized carbons (Fsp3) is 0.208. The van der Waals surface area contributed by atoms with E-state index in [0.29, 0.717) is 12.8 Å². The number of aliphatic carboxylic acids is 1. The third kappa shape index (κ3) is 4.40. The third-order valence-corrected chi connectivity index (χ3v) is 7.30. The molecule has 0 aliphatic heterocycles. The number of rotatable bonds is 7. The van der Waals surface area contributed by atoms with Gasteiger partial charge in [-0.1, -0.05) is 71.9 Å². The lowest BCUT2D eigenvalue weighted by atomic mass is 10.0. The summed E-state index contributed by atoms with van der Waals surface area (Å²) >= 11 is 2.95. The van der Waals surface area contributed by atoms with Gasteiger partial charge in [-0.25, -0.2) is 9.97 Å². The van der Waals surface area contributed by atoms with Gasteiger partial charge in [0.1, 0.15) is 21.4 Å². The predicted molar refractivity (Wildman–Crippen MR) is 124 cm³/mol. The van der Waals surface area contributed by atoms with Crippen LogP contribution >= 0.6 is 23.1 Å². The summed E-state index contributed by atoms with van der Waals surface area (Å²) in [5.41, 5.74) is 4.55. The lowest BCUT2D eigenvalue weighted by Gasteiger charge is -2.13. The number of carboxylic acid groups (broad SMARTS) is 1. The molecular weight excluding hydrogens is 412 g/mol. The maximum Gasteiger partial charge on any atom is 0.317 e. The molecule has 0 aliphatic rings. The number of benzene rings is 2. The van der Waals surface area contributed by atoms with Crippen LogP contribution in [0.1, 0.15) is 22.4 Å². The maximum absolute atomic E-state index is 12.0. The van der Waals surface area contributed by atoms with Crippen molar-refractivity contribution >= 4 is 39.3 Å². The van der Waals surface area contributed by atoms with Crippen molar-refractivity contribution in [3.05, 3.63) is 76.9 Å². The summed E-state index contributed by atoms with van der Waals surface area (Å²) in [6.45, 7) is 4.13. The van der Waals surface area contributed by atoms with Crippen molar-refractivity contribution in [2.45, 2.75) is 37.0 Å². The Balaban J connectivity index is 1.66. The molecule has 0 bridgehead atoms. The Morgan fingerprint density at radius 3 is 2.50 bits per heavy atom. The number of fused-ring (bicyclic) bond motifs is 1. The molecule has 0 amide bonds. The van der Waals surface area contributed by atoms with Crippen molar-refractivity contribution in [1.29, 1.82) is 0 Å². The molecule has 1 N–H and O–H groups in total. The highest BCUT2D eigenvalue weighted by atomic mass is 32.2. The van der Waals surface area contributed by atoms with Gasteiger partial charge in [0.2, 0.25) is 0 Å². The zero-order valence-corrected chi connectivity index (χ0v) is 18.5. The standard InChI is InChI=1S/C24H22N2O2S2/c1-15-8-10-17(11-9-15)12-13-19(24(27)28)30-23-21-20(18-6-4-3-5-7-18)16(2)29-22(21)25-14-26-23/h3-11,14,19H,12-13H2,1-2H3,(H,27,28). The van der Waals surface area contributed by atoms with Gasteiger partial charge < -0.3 is 5.11 Å². The van der Waals surface area contributed by atoms with Crippen LogP contribution in [-0.4, -0.2) is 26.3 Å². The van der Waals surface area contributed by atoms with Gasteiger partial charge in [0, 0.05) is 10.4 Å². The Morgan fingerprint density at radius 2 is 1.80 bits per heavy atom. The molecule has 2 aromatic carbocycles. The summed E-state index contributed by atoms with van der Waals surface area (Å²) in [4.78, 5) is 23.0. The number of hydrogen-bond donors (Lipinski definition) is 1. The Bertz CT molecular complexity index is 1170. The largest absolute Gasteiger partial charge is 0.480 e.